The summed E-state index contributed by atoms with van der Waals surface area (Å²) in [5.74, 6) is 1.41. The van der Waals surface area contributed by atoms with Gasteiger partial charge >= 0.3 is 0 Å². The molecule has 3 aliphatic rings. The first-order valence-electron chi connectivity index (χ1n) is 9.00. The Hall–Kier alpha value is -1.76. The average molecular weight is 380 g/mol. The van der Waals surface area contributed by atoms with E-state index in [0.717, 1.165) is 24.9 Å². The van der Waals surface area contributed by atoms with Crippen molar-refractivity contribution < 1.29 is 23.7 Å². The highest BCUT2D eigenvalue weighted by Crippen LogP contribution is 2.38. The molecule has 4 rings (SSSR count). The standard InChI is InChI=1S/C19H22ClNO5/c20-15-10-13(11-16-18(15)24-7-6-23-16)3-4-17(22)21-5-1-2-14(12-21)19-25-8-9-26-19/h3-4,10-11,14,19H,1-2,5-9,12H2/b4-3+. The van der Waals surface area contributed by atoms with Crippen LogP contribution in [0.2, 0.25) is 5.02 Å². The van der Waals surface area contributed by atoms with E-state index in [1.54, 1.807) is 18.2 Å². The van der Waals surface area contributed by atoms with Gasteiger partial charge < -0.3 is 23.8 Å². The molecule has 0 radical (unpaired) electrons. The van der Waals surface area contributed by atoms with Crippen LogP contribution in [0.5, 0.6) is 11.5 Å². The summed E-state index contributed by atoms with van der Waals surface area (Å²) in [4.78, 5) is 14.4. The Bertz CT molecular complexity index is 701. The average Bonchev–Trinajstić information content (AvgIpc) is 3.21. The van der Waals surface area contributed by atoms with E-state index in [0.29, 0.717) is 49.5 Å². The predicted molar refractivity (Wildman–Crippen MR) is 96.5 cm³/mol. The zero-order valence-corrected chi connectivity index (χ0v) is 15.2. The van der Waals surface area contributed by atoms with Crippen molar-refractivity contribution in [1.82, 2.24) is 4.90 Å². The van der Waals surface area contributed by atoms with Gasteiger partial charge in [0.1, 0.15) is 13.2 Å². The second-order valence-corrected chi connectivity index (χ2v) is 7.06. The van der Waals surface area contributed by atoms with E-state index in [2.05, 4.69) is 0 Å². The van der Waals surface area contributed by atoms with Crippen LogP contribution in [0.15, 0.2) is 18.2 Å². The molecular weight excluding hydrogens is 358 g/mol. The molecule has 0 spiro atoms. The highest BCUT2D eigenvalue weighted by molar-refractivity contribution is 6.32. The lowest BCUT2D eigenvalue weighted by atomic mass is 9.97. The van der Waals surface area contributed by atoms with Crippen molar-refractivity contribution in [3.63, 3.8) is 0 Å². The maximum atomic E-state index is 12.6. The third-order valence-corrected chi connectivity index (χ3v) is 5.12. The van der Waals surface area contributed by atoms with Crippen LogP contribution < -0.4 is 9.47 Å². The van der Waals surface area contributed by atoms with Crippen LogP contribution >= 0.6 is 11.6 Å². The number of ether oxygens (including phenoxy) is 4. The quantitative estimate of drug-likeness (QED) is 0.756. The molecule has 7 heteroatoms. The lowest BCUT2D eigenvalue weighted by Gasteiger charge is -2.34. The Labute approximate surface area is 157 Å². The lowest BCUT2D eigenvalue weighted by Crippen LogP contribution is -2.43. The van der Waals surface area contributed by atoms with Gasteiger partial charge in [-0.1, -0.05) is 11.6 Å². The topological polar surface area (TPSA) is 57.2 Å². The van der Waals surface area contributed by atoms with Crippen LogP contribution in [0, 0.1) is 5.92 Å². The van der Waals surface area contributed by atoms with E-state index in [4.69, 9.17) is 30.5 Å². The minimum atomic E-state index is -0.175. The van der Waals surface area contributed by atoms with Crippen molar-refractivity contribution >= 4 is 23.6 Å². The molecule has 6 nitrogen and oxygen atoms in total. The first-order chi connectivity index (χ1) is 12.7. The number of carbonyl (C=O) groups excluding carboxylic acids is 1. The Balaban J connectivity index is 1.41. The number of carbonyl (C=O) groups is 1. The van der Waals surface area contributed by atoms with Gasteiger partial charge in [0.2, 0.25) is 5.91 Å². The first kappa shape index (κ1) is 17.6. The molecule has 3 aliphatic heterocycles. The van der Waals surface area contributed by atoms with E-state index in [1.165, 1.54) is 0 Å². The number of halogens is 1. The summed E-state index contributed by atoms with van der Waals surface area (Å²) in [6, 6.07) is 3.61. The molecular formula is C19H22ClNO5. The van der Waals surface area contributed by atoms with Crippen molar-refractivity contribution in [1.29, 1.82) is 0 Å². The van der Waals surface area contributed by atoms with Crippen LogP contribution in [0.4, 0.5) is 0 Å². The van der Waals surface area contributed by atoms with Crippen LogP contribution in [0.3, 0.4) is 0 Å². The number of rotatable bonds is 3. The Morgan fingerprint density at radius 3 is 2.81 bits per heavy atom. The number of hydrogen-bond donors (Lipinski definition) is 0. The van der Waals surface area contributed by atoms with Crippen molar-refractivity contribution in [2.24, 2.45) is 5.92 Å². The molecule has 140 valence electrons. The van der Waals surface area contributed by atoms with Gasteiger partial charge in [0.05, 0.1) is 18.2 Å². The summed E-state index contributed by atoms with van der Waals surface area (Å²) in [6.45, 7) is 3.69. The zero-order valence-electron chi connectivity index (χ0n) is 14.5. The molecule has 2 fully saturated rings. The Morgan fingerprint density at radius 2 is 1.96 bits per heavy atom. The molecule has 0 bridgehead atoms. The van der Waals surface area contributed by atoms with Gasteiger partial charge in [0, 0.05) is 25.1 Å². The molecule has 1 aromatic carbocycles. The highest BCUT2D eigenvalue weighted by Gasteiger charge is 2.32. The summed E-state index contributed by atoms with van der Waals surface area (Å²) in [7, 11) is 0. The first-order valence-corrected chi connectivity index (χ1v) is 9.38. The number of amides is 1. The zero-order chi connectivity index (χ0) is 17.9. The van der Waals surface area contributed by atoms with Crippen LogP contribution in [-0.2, 0) is 14.3 Å². The predicted octanol–water partition coefficient (Wildman–Crippen LogP) is 2.74. The molecule has 1 aromatic rings. The van der Waals surface area contributed by atoms with Gasteiger partial charge in [-0.25, -0.2) is 0 Å². The second kappa shape index (κ2) is 7.86. The number of benzene rings is 1. The molecule has 26 heavy (non-hydrogen) atoms. The number of hydrogen-bond acceptors (Lipinski definition) is 5. The molecule has 1 amide bonds. The molecule has 1 unspecified atom stereocenters. The van der Waals surface area contributed by atoms with E-state index >= 15 is 0 Å². The van der Waals surface area contributed by atoms with E-state index < -0.39 is 0 Å². The largest absolute Gasteiger partial charge is 0.486 e. The summed E-state index contributed by atoms with van der Waals surface area (Å²) in [6.07, 6.45) is 5.16. The number of piperidine rings is 1. The molecule has 0 saturated carbocycles. The maximum absolute atomic E-state index is 12.6. The number of fused-ring (bicyclic) bond motifs is 1. The van der Waals surface area contributed by atoms with E-state index in [-0.39, 0.29) is 18.1 Å². The normalized spacial score (nSPS) is 23.6. The fourth-order valence-corrected chi connectivity index (χ4v) is 3.85. The minimum absolute atomic E-state index is 0.0151. The summed E-state index contributed by atoms with van der Waals surface area (Å²) in [5, 5.41) is 0.489. The van der Waals surface area contributed by atoms with Crippen LogP contribution in [0.25, 0.3) is 6.08 Å². The van der Waals surface area contributed by atoms with E-state index in [1.807, 2.05) is 11.0 Å². The number of nitrogens with zero attached hydrogens (tertiary/aromatic N) is 1. The summed E-state index contributed by atoms with van der Waals surface area (Å²) < 4.78 is 22.3. The van der Waals surface area contributed by atoms with Crippen molar-refractivity contribution in [2.45, 2.75) is 19.1 Å². The third-order valence-electron chi connectivity index (χ3n) is 4.84. The van der Waals surface area contributed by atoms with Gasteiger partial charge in [-0.05, 0) is 36.6 Å². The number of likely N-dealkylation sites (tertiary alicyclic amines) is 1. The molecule has 0 N–H and O–H groups in total. The van der Waals surface area contributed by atoms with Crippen molar-refractivity contribution in [3.8, 4) is 11.5 Å². The van der Waals surface area contributed by atoms with Crippen LogP contribution in [0.1, 0.15) is 18.4 Å². The highest BCUT2D eigenvalue weighted by atomic mass is 35.5. The lowest BCUT2D eigenvalue weighted by molar-refractivity contribution is -0.134. The molecule has 1 atom stereocenters. The second-order valence-electron chi connectivity index (χ2n) is 6.66. The van der Waals surface area contributed by atoms with E-state index in [9.17, 15) is 4.79 Å². The molecule has 0 aromatic heterocycles. The van der Waals surface area contributed by atoms with Gasteiger partial charge in [-0.2, -0.15) is 0 Å². The van der Waals surface area contributed by atoms with Crippen LogP contribution in [-0.4, -0.2) is 56.6 Å². The van der Waals surface area contributed by atoms with Gasteiger partial charge in [-0.15, -0.1) is 0 Å². The fourth-order valence-electron chi connectivity index (χ4n) is 3.58. The van der Waals surface area contributed by atoms with Gasteiger partial charge in [0.15, 0.2) is 17.8 Å². The van der Waals surface area contributed by atoms with Gasteiger partial charge in [-0.3, -0.25) is 4.79 Å². The summed E-state index contributed by atoms with van der Waals surface area (Å²) in [5.41, 5.74) is 0.809. The minimum Gasteiger partial charge on any atom is -0.486 e. The van der Waals surface area contributed by atoms with Crippen molar-refractivity contribution in [2.75, 3.05) is 39.5 Å². The summed E-state index contributed by atoms with van der Waals surface area (Å²) >= 11 is 6.24. The molecule has 3 heterocycles. The Kier molecular flexibility index (Phi) is 5.33. The molecule has 0 aliphatic carbocycles. The van der Waals surface area contributed by atoms with Gasteiger partial charge in [0.25, 0.3) is 0 Å². The Morgan fingerprint density at radius 1 is 1.15 bits per heavy atom. The SMILES string of the molecule is O=C(/C=C/c1cc(Cl)c2c(c1)OCCO2)N1CCCC(C2OCCO2)C1. The maximum Gasteiger partial charge on any atom is 0.246 e. The van der Waals surface area contributed by atoms with Crippen molar-refractivity contribution in [3.05, 3.63) is 28.8 Å². The third kappa shape index (κ3) is 3.82. The fraction of sp³-hybridized carbons (Fsp3) is 0.526. The molecule has 2 saturated heterocycles. The monoisotopic (exact) mass is 379 g/mol. The smallest absolute Gasteiger partial charge is 0.246 e.